The molecule has 190 valence electrons. The zero-order chi connectivity index (χ0) is 25.7. The van der Waals surface area contributed by atoms with Crippen LogP contribution in [0.4, 0.5) is 0 Å². The van der Waals surface area contributed by atoms with Gasteiger partial charge in [-0.2, -0.15) is 5.10 Å². The molecular formula is C25H25ClN8O2S. The summed E-state index contributed by atoms with van der Waals surface area (Å²) in [6, 6.07) is 9.45. The number of H-pyrrole nitrogens is 1. The molecule has 2 aromatic carbocycles. The van der Waals surface area contributed by atoms with Crippen LogP contribution < -0.4 is 4.74 Å². The predicted octanol–water partition coefficient (Wildman–Crippen LogP) is 5.35. The fourth-order valence-corrected chi connectivity index (χ4v) is 5.82. The van der Waals surface area contributed by atoms with Crippen LogP contribution in [0.1, 0.15) is 24.7 Å². The first-order valence-corrected chi connectivity index (χ1v) is 14.2. The van der Waals surface area contributed by atoms with Gasteiger partial charge in [-0.1, -0.05) is 11.6 Å². The fourth-order valence-electron chi connectivity index (χ4n) is 4.68. The third-order valence-electron chi connectivity index (χ3n) is 6.60. The molecule has 0 bridgehead atoms. The molecule has 12 heteroatoms. The molecule has 1 aliphatic heterocycles. The minimum absolute atomic E-state index is 0.180. The molecule has 1 aliphatic rings. The number of aromatic amines is 1. The van der Waals surface area contributed by atoms with E-state index < -0.39 is 9.92 Å². The molecule has 3 aromatic heterocycles. The Labute approximate surface area is 218 Å². The van der Waals surface area contributed by atoms with E-state index in [1.807, 2.05) is 42.1 Å². The molecular weight excluding hydrogens is 512 g/mol. The van der Waals surface area contributed by atoms with Crippen LogP contribution >= 0.6 is 11.6 Å². The number of imidazole rings is 1. The molecule has 0 spiro atoms. The van der Waals surface area contributed by atoms with E-state index in [1.165, 1.54) is 6.26 Å². The molecule has 0 saturated carbocycles. The molecule has 4 heterocycles. The Morgan fingerprint density at radius 3 is 2.70 bits per heavy atom. The van der Waals surface area contributed by atoms with E-state index in [-0.39, 0.29) is 6.04 Å². The summed E-state index contributed by atoms with van der Waals surface area (Å²) in [5, 5.41) is 4.93. The van der Waals surface area contributed by atoms with E-state index in [4.69, 9.17) is 26.1 Å². The number of halogens is 1. The molecule has 1 fully saturated rings. The molecule has 0 aliphatic carbocycles. The van der Waals surface area contributed by atoms with Crippen LogP contribution in [0.15, 0.2) is 48.9 Å². The van der Waals surface area contributed by atoms with Crippen LogP contribution in [0.5, 0.6) is 11.5 Å². The topological polar surface area (TPSA) is 126 Å². The Bertz CT molecular complexity index is 1740. The maximum absolute atomic E-state index is 12.0. The number of rotatable bonds is 5. The van der Waals surface area contributed by atoms with Gasteiger partial charge in [0.1, 0.15) is 37.8 Å². The number of nitrogens with one attached hydrogen (secondary N) is 2. The first-order chi connectivity index (χ1) is 17.7. The maximum Gasteiger partial charge on any atom is 0.148 e. The first kappa shape index (κ1) is 23.8. The molecule has 0 radical (unpaired) electrons. The van der Waals surface area contributed by atoms with Gasteiger partial charge in [-0.25, -0.2) is 23.3 Å². The number of ether oxygens (including phenoxy) is 1. The van der Waals surface area contributed by atoms with Gasteiger partial charge in [0, 0.05) is 37.2 Å². The lowest BCUT2D eigenvalue weighted by Crippen LogP contribution is -2.37. The van der Waals surface area contributed by atoms with Crippen molar-refractivity contribution in [3.8, 4) is 22.8 Å². The number of nitrogens with zero attached hydrogens (tertiary/aromatic N) is 6. The summed E-state index contributed by atoms with van der Waals surface area (Å²) in [5.41, 5.74) is 4.46. The number of fused-ring (bicyclic) bond motifs is 2. The standard InChI is InChI=1S/C25H25ClN8O2S/c1-15-30-19-4-3-18(11-21(19)31-15)36-23-6-5-20-25(24(23)26)32-22(13-28-20)16-12-29-34(14-16)17-7-9-33(10-8-17)37(2,27)35/h3-6,11-14,17,27H,7-10H2,1-2H3,(H,30,31). The summed E-state index contributed by atoms with van der Waals surface area (Å²) in [4.78, 5) is 17.0. The molecule has 6 rings (SSSR count). The number of aryl methyl sites for hydroxylation is 1. The van der Waals surface area contributed by atoms with E-state index in [0.29, 0.717) is 46.3 Å². The van der Waals surface area contributed by atoms with Gasteiger partial charge in [0.2, 0.25) is 0 Å². The zero-order valence-electron chi connectivity index (χ0n) is 20.3. The third-order valence-corrected chi connectivity index (χ3v) is 8.32. The van der Waals surface area contributed by atoms with Crippen molar-refractivity contribution in [1.82, 2.24) is 34.0 Å². The second kappa shape index (κ2) is 9.09. The summed E-state index contributed by atoms with van der Waals surface area (Å²) in [6.45, 7) is 3.13. The maximum atomic E-state index is 12.0. The third kappa shape index (κ3) is 4.65. The summed E-state index contributed by atoms with van der Waals surface area (Å²) in [5.74, 6) is 1.96. The largest absolute Gasteiger partial charge is 0.456 e. The van der Waals surface area contributed by atoms with Gasteiger partial charge in [-0.3, -0.25) is 9.67 Å². The molecule has 5 aromatic rings. The van der Waals surface area contributed by atoms with E-state index in [1.54, 1.807) is 22.8 Å². The van der Waals surface area contributed by atoms with Crippen LogP contribution in [0.3, 0.4) is 0 Å². The van der Waals surface area contributed by atoms with Crippen molar-refractivity contribution >= 4 is 43.6 Å². The SMILES string of the molecule is Cc1nc2ccc(Oc3ccc4ncc(-c5cnn(C6CCN(S(C)(=N)=O)CC6)c5)nc4c3Cl)cc2[nH]1. The number of hydrogen-bond donors (Lipinski definition) is 2. The van der Waals surface area contributed by atoms with E-state index >= 15 is 0 Å². The lowest BCUT2D eigenvalue weighted by molar-refractivity contribution is 0.267. The molecule has 2 N–H and O–H groups in total. The number of piperidine rings is 1. The highest BCUT2D eigenvalue weighted by Crippen LogP contribution is 2.36. The van der Waals surface area contributed by atoms with E-state index in [9.17, 15) is 4.21 Å². The molecule has 10 nitrogen and oxygen atoms in total. The van der Waals surface area contributed by atoms with Crippen molar-refractivity contribution in [2.24, 2.45) is 0 Å². The highest BCUT2D eigenvalue weighted by atomic mass is 35.5. The lowest BCUT2D eigenvalue weighted by atomic mass is 10.1. The Balaban J connectivity index is 1.25. The van der Waals surface area contributed by atoms with Gasteiger partial charge in [0.05, 0.1) is 40.7 Å². The number of benzene rings is 2. The minimum atomic E-state index is -2.67. The Kier molecular flexibility index (Phi) is 5.85. The summed E-state index contributed by atoms with van der Waals surface area (Å²) >= 11 is 6.74. The van der Waals surface area contributed by atoms with Gasteiger partial charge < -0.3 is 9.72 Å². The van der Waals surface area contributed by atoms with Gasteiger partial charge in [0.25, 0.3) is 0 Å². The van der Waals surface area contributed by atoms with Crippen molar-refractivity contribution in [3.05, 3.63) is 59.8 Å². The monoisotopic (exact) mass is 536 g/mol. The Hall–Kier alpha value is -3.54. The highest BCUT2D eigenvalue weighted by molar-refractivity contribution is 7.89. The van der Waals surface area contributed by atoms with Crippen molar-refractivity contribution in [2.75, 3.05) is 19.3 Å². The van der Waals surface area contributed by atoms with Crippen LogP contribution in [-0.2, 0) is 9.92 Å². The summed E-state index contributed by atoms with van der Waals surface area (Å²) in [7, 11) is -2.67. The quantitative estimate of drug-likeness (QED) is 0.312. The van der Waals surface area contributed by atoms with Crippen LogP contribution in [0, 0.1) is 11.7 Å². The number of aromatic nitrogens is 6. The molecule has 1 unspecified atom stereocenters. The number of hydrogen-bond acceptors (Lipinski definition) is 7. The lowest BCUT2D eigenvalue weighted by Gasteiger charge is -2.31. The van der Waals surface area contributed by atoms with Gasteiger partial charge in [-0.05, 0) is 44.0 Å². The zero-order valence-corrected chi connectivity index (χ0v) is 21.9. The van der Waals surface area contributed by atoms with E-state index in [0.717, 1.165) is 35.3 Å². The Morgan fingerprint density at radius 1 is 1.14 bits per heavy atom. The van der Waals surface area contributed by atoms with Gasteiger partial charge in [-0.15, -0.1) is 0 Å². The van der Waals surface area contributed by atoms with Gasteiger partial charge >= 0.3 is 0 Å². The normalized spacial score (nSPS) is 16.8. The minimum Gasteiger partial charge on any atom is -0.456 e. The molecule has 1 saturated heterocycles. The van der Waals surface area contributed by atoms with Crippen LogP contribution in [0.2, 0.25) is 5.02 Å². The molecule has 0 amide bonds. The average molecular weight is 537 g/mol. The van der Waals surface area contributed by atoms with Crippen molar-refractivity contribution in [2.45, 2.75) is 25.8 Å². The predicted molar refractivity (Wildman–Crippen MR) is 143 cm³/mol. The van der Waals surface area contributed by atoms with Crippen LogP contribution in [0.25, 0.3) is 33.3 Å². The van der Waals surface area contributed by atoms with Crippen molar-refractivity contribution in [3.63, 3.8) is 0 Å². The molecule has 37 heavy (non-hydrogen) atoms. The van der Waals surface area contributed by atoms with Crippen molar-refractivity contribution < 1.29 is 8.95 Å². The summed E-state index contributed by atoms with van der Waals surface area (Å²) < 4.78 is 29.6. The van der Waals surface area contributed by atoms with E-state index in [2.05, 4.69) is 20.1 Å². The highest BCUT2D eigenvalue weighted by Gasteiger charge is 2.25. The first-order valence-electron chi connectivity index (χ1n) is 11.9. The summed E-state index contributed by atoms with van der Waals surface area (Å²) in [6.07, 6.45) is 8.47. The Morgan fingerprint density at radius 2 is 1.92 bits per heavy atom. The second-order valence-electron chi connectivity index (χ2n) is 9.28. The molecule has 1 atom stereocenters. The van der Waals surface area contributed by atoms with Crippen LogP contribution in [-0.4, -0.2) is 57.6 Å². The fraction of sp³-hybridized carbons (Fsp3) is 0.280. The second-order valence-corrected chi connectivity index (χ2v) is 11.8. The van der Waals surface area contributed by atoms with Gasteiger partial charge in [0.15, 0.2) is 0 Å². The smallest absolute Gasteiger partial charge is 0.148 e. The average Bonchev–Trinajstić information content (AvgIpc) is 3.51. The van der Waals surface area contributed by atoms with Crippen molar-refractivity contribution in [1.29, 1.82) is 4.78 Å².